The Morgan fingerprint density at radius 3 is 2.56 bits per heavy atom. The van der Waals surface area contributed by atoms with E-state index in [0.29, 0.717) is 22.2 Å². The van der Waals surface area contributed by atoms with E-state index < -0.39 is 0 Å². The number of carbonyl (C=O) groups excluding carboxylic acids is 1. The summed E-state index contributed by atoms with van der Waals surface area (Å²) in [6, 6.07) is 9.87. The second-order valence-corrected chi connectivity index (χ2v) is 7.49. The molecule has 2 heterocycles. The van der Waals surface area contributed by atoms with Crippen molar-refractivity contribution < 1.29 is 9.21 Å². The highest BCUT2D eigenvalue weighted by atomic mass is 32.1. The molecule has 25 heavy (non-hydrogen) atoms. The lowest BCUT2D eigenvalue weighted by Gasteiger charge is -2.16. The second-order valence-electron chi connectivity index (χ2n) is 6.49. The highest BCUT2D eigenvalue weighted by Gasteiger charge is 2.20. The van der Waals surface area contributed by atoms with Gasteiger partial charge < -0.3 is 9.73 Å². The molecule has 0 aliphatic rings. The van der Waals surface area contributed by atoms with Crippen molar-refractivity contribution in [2.75, 3.05) is 5.32 Å². The van der Waals surface area contributed by atoms with E-state index in [2.05, 4.69) is 30.2 Å². The predicted octanol–water partition coefficient (Wildman–Crippen LogP) is 5.70. The molecule has 0 unspecified atom stereocenters. The smallest absolute Gasteiger partial charge is 0.267 e. The number of nitrogens with one attached hydrogen (secondary N) is 1. The van der Waals surface area contributed by atoms with Gasteiger partial charge in [0.1, 0.15) is 10.6 Å². The Labute approximate surface area is 151 Å². The van der Waals surface area contributed by atoms with Crippen molar-refractivity contribution in [3.63, 3.8) is 0 Å². The van der Waals surface area contributed by atoms with Crippen molar-refractivity contribution in [2.24, 2.45) is 0 Å². The van der Waals surface area contributed by atoms with E-state index in [1.165, 1.54) is 11.3 Å². The largest absolute Gasteiger partial charge is 0.459 e. The summed E-state index contributed by atoms with van der Waals surface area (Å²) in [4.78, 5) is 18.0. The molecule has 0 saturated heterocycles. The number of aromatic nitrogens is 1. The van der Waals surface area contributed by atoms with Crippen LogP contribution in [0.4, 0.5) is 5.69 Å². The van der Waals surface area contributed by atoms with E-state index in [-0.39, 0.29) is 5.91 Å². The molecule has 0 atom stereocenters. The van der Waals surface area contributed by atoms with E-state index in [4.69, 9.17) is 4.42 Å². The number of benzene rings is 1. The molecule has 5 heteroatoms. The number of hydrogen-bond acceptors (Lipinski definition) is 4. The molecule has 130 valence electrons. The van der Waals surface area contributed by atoms with Crippen molar-refractivity contribution in [1.29, 1.82) is 0 Å². The zero-order chi connectivity index (χ0) is 18.1. The van der Waals surface area contributed by atoms with Crippen LogP contribution in [0.1, 0.15) is 52.0 Å². The highest BCUT2D eigenvalue weighted by Crippen LogP contribution is 2.32. The maximum Gasteiger partial charge on any atom is 0.267 e. The Balaban J connectivity index is 1.92. The zero-order valence-electron chi connectivity index (χ0n) is 15.1. The standard InChI is InChI=1S/C20H22N2O2S/c1-11(2)15-8-6-7-12(3)17(15)22-19(23)18-14(5)21-20(25-18)16-10-9-13(4)24-16/h6-11H,1-5H3,(H,22,23). The maximum atomic E-state index is 12.8. The molecule has 4 nitrogen and oxygen atoms in total. The Kier molecular flexibility index (Phi) is 4.77. The van der Waals surface area contributed by atoms with Gasteiger partial charge in [-0.3, -0.25) is 4.79 Å². The van der Waals surface area contributed by atoms with Gasteiger partial charge in [-0.1, -0.05) is 32.0 Å². The fourth-order valence-electron chi connectivity index (χ4n) is 2.77. The first-order chi connectivity index (χ1) is 11.9. The first-order valence-corrected chi connectivity index (χ1v) is 9.13. The third-order valence-corrected chi connectivity index (χ3v) is 5.29. The summed E-state index contributed by atoms with van der Waals surface area (Å²) < 4.78 is 5.62. The van der Waals surface area contributed by atoms with Crippen molar-refractivity contribution in [2.45, 2.75) is 40.5 Å². The molecule has 1 aromatic carbocycles. The van der Waals surface area contributed by atoms with E-state index >= 15 is 0 Å². The van der Waals surface area contributed by atoms with Gasteiger partial charge in [0.2, 0.25) is 0 Å². The van der Waals surface area contributed by atoms with Crippen LogP contribution in [0, 0.1) is 20.8 Å². The first-order valence-electron chi connectivity index (χ1n) is 8.32. The van der Waals surface area contributed by atoms with Gasteiger partial charge in [0, 0.05) is 5.69 Å². The number of anilines is 1. The fraction of sp³-hybridized carbons (Fsp3) is 0.300. The van der Waals surface area contributed by atoms with Gasteiger partial charge in [-0.25, -0.2) is 4.98 Å². The van der Waals surface area contributed by atoms with Gasteiger partial charge in [0.25, 0.3) is 5.91 Å². The number of thiazole rings is 1. The predicted molar refractivity (Wildman–Crippen MR) is 103 cm³/mol. The summed E-state index contributed by atoms with van der Waals surface area (Å²) in [5, 5.41) is 3.81. The lowest BCUT2D eigenvalue weighted by Crippen LogP contribution is -2.14. The topological polar surface area (TPSA) is 55.1 Å². The van der Waals surface area contributed by atoms with Gasteiger partial charge in [-0.15, -0.1) is 11.3 Å². The van der Waals surface area contributed by atoms with Gasteiger partial charge in [-0.2, -0.15) is 0 Å². The summed E-state index contributed by atoms with van der Waals surface area (Å²) in [5.74, 6) is 1.74. The average Bonchev–Trinajstić information content (AvgIpc) is 3.14. The fourth-order valence-corrected chi connectivity index (χ4v) is 3.70. The molecule has 0 radical (unpaired) electrons. The van der Waals surface area contributed by atoms with Crippen LogP contribution in [-0.2, 0) is 0 Å². The lowest BCUT2D eigenvalue weighted by atomic mass is 9.98. The molecule has 0 bridgehead atoms. The van der Waals surface area contributed by atoms with E-state index in [9.17, 15) is 4.79 Å². The van der Waals surface area contributed by atoms with Crippen LogP contribution in [0.25, 0.3) is 10.8 Å². The monoisotopic (exact) mass is 354 g/mol. The van der Waals surface area contributed by atoms with Gasteiger partial charge in [0.15, 0.2) is 10.8 Å². The summed E-state index contributed by atoms with van der Waals surface area (Å²) in [7, 11) is 0. The van der Waals surface area contributed by atoms with Gasteiger partial charge in [0.05, 0.1) is 5.69 Å². The number of hydrogen-bond donors (Lipinski definition) is 1. The third-order valence-electron chi connectivity index (χ3n) is 4.12. The highest BCUT2D eigenvalue weighted by molar-refractivity contribution is 7.17. The van der Waals surface area contributed by atoms with E-state index in [0.717, 1.165) is 27.6 Å². The van der Waals surface area contributed by atoms with Crippen LogP contribution in [0.3, 0.4) is 0 Å². The van der Waals surface area contributed by atoms with E-state index in [1.807, 2.05) is 45.0 Å². The molecule has 3 aromatic rings. The van der Waals surface area contributed by atoms with Crippen molar-refractivity contribution in [3.05, 3.63) is 57.8 Å². The first kappa shape index (κ1) is 17.4. The normalized spacial score (nSPS) is 11.1. The number of rotatable bonds is 4. The van der Waals surface area contributed by atoms with Crippen molar-refractivity contribution >= 4 is 22.9 Å². The summed E-state index contributed by atoms with van der Waals surface area (Å²) in [6.45, 7) is 10.0. The van der Waals surface area contributed by atoms with Crippen molar-refractivity contribution in [1.82, 2.24) is 4.98 Å². The Morgan fingerprint density at radius 2 is 1.92 bits per heavy atom. The number of carbonyl (C=O) groups is 1. The van der Waals surface area contributed by atoms with Crippen molar-refractivity contribution in [3.8, 4) is 10.8 Å². The second kappa shape index (κ2) is 6.84. The van der Waals surface area contributed by atoms with Gasteiger partial charge in [-0.05, 0) is 49.9 Å². The Morgan fingerprint density at radius 1 is 1.16 bits per heavy atom. The van der Waals surface area contributed by atoms with Crippen LogP contribution in [0.5, 0.6) is 0 Å². The number of nitrogens with zero attached hydrogens (tertiary/aromatic N) is 1. The summed E-state index contributed by atoms with van der Waals surface area (Å²) in [6.07, 6.45) is 0. The van der Waals surface area contributed by atoms with E-state index in [1.54, 1.807) is 0 Å². The minimum Gasteiger partial charge on any atom is -0.459 e. The van der Waals surface area contributed by atoms with Crippen LogP contribution in [-0.4, -0.2) is 10.9 Å². The van der Waals surface area contributed by atoms with Crippen LogP contribution in [0.15, 0.2) is 34.7 Å². The summed E-state index contributed by atoms with van der Waals surface area (Å²) >= 11 is 1.36. The molecular formula is C20H22N2O2S. The van der Waals surface area contributed by atoms with Gasteiger partial charge >= 0.3 is 0 Å². The molecule has 0 saturated carbocycles. The minimum absolute atomic E-state index is 0.124. The molecule has 1 amide bonds. The quantitative estimate of drug-likeness (QED) is 0.653. The molecule has 3 rings (SSSR count). The van der Waals surface area contributed by atoms with Crippen LogP contribution in [0.2, 0.25) is 0 Å². The molecular weight excluding hydrogens is 332 g/mol. The zero-order valence-corrected chi connectivity index (χ0v) is 16.0. The lowest BCUT2D eigenvalue weighted by molar-refractivity contribution is 0.102. The molecule has 1 N–H and O–H groups in total. The SMILES string of the molecule is Cc1ccc(-c2nc(C)c(C(=O)Nc3c(C)cccc3C(C)C)s2)o1. The minimum atomic E-state index is -0.124. The maximum absolute atomic E-state index is 12.8. The molecule has 2 aromatic heterocycles. The molecule has 0 fully saturated rings. The number of aryl methyl sites for hydroxylation is 3. The third kappa shape index (κ3) is 3.51. The average molecular weight is 354 g/mol. The summed E-state index contributed by atoms with van der Waals surface area (Å²) in [5.41, 5.74) is 3.80. The Bertz CT molecular complexity index is 922. The van der Waals surface area contributed by atoms with Crippen LogP contribution < -0.4 is 5.32 Å². The van der Waals surface area contributed by atoms with Crippen LogP contribution >= 0.6 is 11.3 Å². The molecule has 0 aliphatic heterocycles. The number of para-hydroxylation sites is 1. The molecule has 0 spiro atoms. The Hall–Kier alpha value is -2.40. The molecule has 0 aliphatic carbocycles. The number of amides is 1. The number of furan rings is 1.